The fraction of sp³-hybridized carbons (Fsp3) is 0.333. The molecule has 0 spiro atoms. The Bertz CT molecular complexity index is 1170. The number of nitrogens with one attached hydrogen (secondary N) is 1. The normalized spacial score (nSPS) is 11.0. The summed E-state index contributed by atoms with van der Waals surface area (Å²) in [5.74, 6) is -0.297. The number of hydrogen-bond acceptors (Lipinski definition) is 5. The fourth-order valence-electron chi connectivity index (χ4n) is 3.23. The minimum absolute atomic E-state index is 0.0368. The van der Waals surface area contributed by atoms with Gasteiger partial charge in [-0.05, 0) is 35.6 Å². The van der Waals surface area contributed by atoms with Crippen molar-refractivity contribution in [3.63, 3.8) is 0 Å². The molecular formula is C24H28N4O4. The van der Waals surface area contributed by atoms with Crippen LogP contribution >= 0.6 is 0 Å². The molecule has 168 valence electrons. The predicted molar refractivity (Wildman–Crippen MR) is 123 cm³/mol. The molecule has 32 heavy (non-hydrogen) atoms. The molecule has 0 bridgehead atoms. The van der Waals surface area contributed by atoms with Crippen LogP contribution in [0.4, 0.5) is 0 Å². The second-order valence-electron chi connectivity index (χ2n) is 7.77. The molecular weight excluding hydrogens is 408 g/mol. The number of ether oxygens (including phenoxy) is 1. The molecule has 0 atom stereocenters. The van der Waals surface area contributed by atoms with E-state index in [4.69, 9.17) is 4.74 Å². The van der Waals surface area contributed by atoms with Gasteiger partial charge in [-0.1, -0.05) is 56.3 Å². The Balaban J connectivity index is 2.07. The van der Waals surface area contributed by atoms with Gasteiger partial charge >= 0.3 is 5.69 Å². The Morgan fingerprint density at radius 3 is 2.38 bits per heavy atom. The van der Waals surface area contributed by atoms with Gasteiger partial charge in [-0.25, -0.2) is 4.79 Å². The molecule has 0 unspecified atom stereocenters. The van der Waals surface area contributed by atoms with E-state index in [0.717, 1.165) is 20.4 Å². The highest BCUT2D eigenvalue weighted by Gasteiger charge is 2.20. The molecule has 0 fully saturated rings. The number of methoxy groups -OCH3 is 1. The van der Waals surface area contributed by atoms with Gasteiger partial charge in [0.15, 0.2) is 0 Å². The number of benzene rings is 2. The summed E-state index contributed by atoms with van der Waals surface area (Å²) in [7, 11) is 1.58. The van der Waals surface area contributed by atoms with E-state index in [2.05, 4.69) is 24.3 Å². The largest absolute Gasteiger partial charge is 0.385 e. The number of aromatic nitrogens is 3. The van der Waals surface area contributed by atoms with Crippen LogP contribution in [0, 0.1) is 0 Å². The molecule has 1 aromatic heterocycles. The summed E-state index contributed by atoms with van der Waals surface area (Å²) in [5, 5.41) is 6.82. The maximum atomic E-state index is 13.2. The van der Waals surface area contributed by atoms with Crippen molar-refractivity contribution >= 4 is 5.91 Å². The van der Waals surface area contributed by atoms with E-state index >= 15 is 0 Å². The SMILES string of the molecule is COCCCNC(=O)c1nn(-c2ccc(C(C)C)cc2)c(=O)n(Cc2ccccc2)c1=O. The Morgan fingerprint density at radius 1 is 1.06 bits per heavy atom. The summed E-state index contributed by atoms with van der Waals surface area (Å²) >= 11 is 0. The van der Waals surface area contributed by atoms with Gasteiger partial charge in [0.2, 0.25) is 5.69 Å². The van der Waals surface area contributed by atoms with E-state index in [0.29, 0.717) is 31.2 Å². The van der Waals surface area contributed by atoms with Gasteiger partial charge in [-0.2, -0.15) is 9.78 Å². The Morgan fingerprint density at radius 2 is 1.75 bits per heavy atom. The second kappa shape index (κ2) is 10.7. The molecule has 2 aromatic carbocycles. The second-order valence-corrected chi connectivity index (χ2v) is 7.77. The van der Waals surface area contributed by atoms with E-state index in [1.807, 2.05) is 42.5 Å². The van der Waals surface area contributed by atoms with Crippen LogP contribution in [-0.2, 0) is 11.3 Å². The third-order valence-electron chi connectivity index (χ3n) is 5.07. The summed E-state index contributed by atoms with van der Waals surface area (Å²) in [6.07, 6.45) is 0.594. The van der Waals surface area contributed by atoms with Crippen LogP contribution in [0.1, 0.15) is 47.8 Å². The minimum atomic E-state index is -0.724. The van der Waals surface area contributed by atoms with Crippen molar-refractivity contribution in [2.24, 2.45) is 0 Å². The molecule has 0 saturated heterocycles. The van der Waals surface area contributed by atoms with Crippen molar-refractivity contribution in [2.75, 3.05) is 20.3 Å². The summed E-state index contributed by atoms with van der Waals surface area (Å²) < 4.78 is 7.13. The number of hydrogen-bond donors (Lipinski definition) is 1. The molecule has 1 heterocycles. The van der Waals surface area contributed by atoms with Crippen LogP contribution in [0.5, 0.6) is 0 Å². The van der Waals surface area contributed by atoms with Gasteiger partial charge in [0.1, 0.15) is 0 Å². The van der Waals surface area contributed by atoms with Gasteiger partial charge < -0.3 is 10.1 Å². The topological polar surface area (TPSA) is 95.2 Å². The highest BCUT2D eigenvalue weighted by molar-refractivity contribution is 5.91. The van der Waals surface area contributed by atoms with E-state index in [1.165, 1.54) is 0 Å². The molecule has 8 nitrogen and oxygen atoms in total. The van der Waals surface area contributed by atoms with Gasteiger partial charge in [0.05, 0.1) is 12.2 Å². The maximum Gasteiger partial charge on any atom is 0.352 e. The van der Waals surface area contributed by atoms with Crippen molar-refractivity contribution in [2.45, 2.75) is 32.7 Å². The van der Waals surface area contributed by atoms with Crippen LogP contribution in [0.3, 0.4) is 0 Å². The average Bonchev–Trinajstić information content (AvgIpc) is 2.80. The molecule has 0 aliphatic carbocycles. The first-order valence-corrected chi connectivity index (χ1v) is 10.6. The molecule has 0 aliphatic heterocycles. The van der Waals surface area contributed by atoms with Crippen LogP contribution in [0.15, 0.2) is 64.2 Å². The summed E-state index contributed by atoms with van der Waals surface area (Å²) in [4.78, 5) is 39.0. The molecule has 0 saturated carbocycles. The van der Waals surface area contributed by atoms with E-state index in [-0.39, 0.29) is 12.2 Å². The Kier molecular flexibility index (Phi) is 7.72. The van der Waals surface area contributed by atoms with Crippen molar-refractivity contribution in [3.8, 4) is 5.69 Å². The summed E-state index contributed by atoms with van der Waals surface area (Å²) in [5.41, 5.74) is 0.701. The van der Waals surface area contributed by atoms with E-state index in [9.17, 15) is 14.4 Å². The first-order valence-electron chi connectivity index (χ1n) is 10.6. The number of carbonyl (C=O) groups excluding carboxylic acids is 1. The summed E-state index contributed by atoms with van der Waals surface area (Å²) in [6, 6.07) is 16.5. The molecule has 1 N–H and O–H groups in total. The molecule has 0 aliphatic rings. The highest BCUT2D eigenvalue weighted by atomic mass is 16.5. The number of rotatable bonds is 9. The van der Waals surface area contributed by atoms with Gasteiger partial charge in [0, 0.05) is 20.3 Å². The minimum Gasteiger partial charge on any atom is -0.385 e. The monoisotopic (exact) mass is 436 g/mol. The predicted octanol–water partition coefficient (Wildman–Crippen LogP) is 2.33. The number of amides is 1. The standard InChI is InChI=1S/C24H28N4O4/c1-17(2)19-10-12-20(13-11-19)28-24(31)27(16-18-8-5-4-6-9-18)23(30)21(26-28)22(29)25-14-7-15-32-3/h4-6,8-13,17H,7,14-16H2,1-3H3,(H,25,29). The first kappa shape index (κ1) is 23.1. The lowest BCUT2D eigenvalue weighted by Gasteiger charge is -2.13. The summed E-state index contributed by atoms with van der Waals surface area (Å²) in [6.45, 7) is 4.99. The van der Waals surface area contributed by atoms with Crippen LogP contribution < -0.4 is 16.6 Å². The molecule has 0 radical (unpaired) electrons. The average molecular weight is 437 g/mol. The lowest BCUT2D eigenvalue weighted by atomic mass is 10.0. The zero-order chi connectivity index (χ0) is 23.1. The van der Waals surface area contributed by atoms with Crippen LogP contribution in [0.25, 0.3) is 5.69 Å². The van der Waals surface area contributed by atoms with E-state index in [1.54, 1.807) is 19.2 Å². The smallest absolute Gasteiger partial charge is 0.352 e. The van der Waals surface area contributed by atoms with Gasteiger partial charge in [0.25, 0.3) is 11.5 Å². The maximum absolute atomic E-state index is 13.2. The zero-order valence-corrected chi connectivity index (χ0v) is 18.6. The third-order valence-corrected chi connectivity index (χ3v) is 5.07. The molecule has 3 aromatic rings. The van der Waals surface area contributed by atoms with Gasteiger partial charge in [-0.15, -0.1) is 0 Å². The third kappa shape index (κ3) is 5.39. The van der Waals surface area contributed by atoms with Crippen molar-refractivity contribution in [1.82, 2.24) is 19.7 Å². The first-order chi connectivity index (χ1) is 15.4. The quantitative estimate of drug-likeness (QED) is 0.520. The van der Waals surface area contributed by atoms with Crippen molar-refractivity contribution < 1.29 is 9.53 Å². The van der Waals surface area contributed by atoms with Crippen molar-refractivity contribution in [3.05, 3.63) is 92.3 Å². The molecule has 3 rings (SSSR count). The highest BCUT2D eigenvalue weighted by Crippen LogP contribution is 2.15. The Labute approximate surface area is 186 Å². The Hall–Kier alpha value is -3.52. The van der Waals surface area contributed by atoms with Crippen LogP contribution in [-0.4, -0.2) is 40.5 Å². The van der Waals surface area contributed by atoms with Crippen LogP contribution in [0.2, 0.25) is 0 Å². The lowest BCUT2D eigenvalue weighted by molar-refractivity contribution is 0.0938. The zero-order valence-electron chi connectivity index (χ0n) is 18.6. The van der Waals surface area contributed by atoms with Gasteiger partial charge in [-0.3, -0.25) is 14.2 Å². The van der Waals surface area contributed by atoms with E-state index < -0.39 is 17.2 Å². The fourth-order valence-corrected chi connectivity index (χ4v) is 3.23. The lowest BCUT2D eigenvalue weighted by Crippen LogP contribution is -2.46. The van der Waals surface area contributed by atoms with Crippen molar-refractivity contribution in [1.29, 1.82) is 0 Å². The number of carbonyl (C=O) groups is 1. The molecule has 1 amide bonds. The molecule has 8 heteroatoms. The number of nitrogens with zero attached hydrogens (tertiary/aromatic N) is 3.